The van der Waals surface area contributed by atoms with Crippen molar-refractivity contribution in [3.05, 3.63) is 77.4 Å². The van der Waals surface area contributed by atoms with Gasteiger partial charge in [0.05, 0.1) is 6.04 Å². The van der Waals surface area contributed by atoms with E-state index in [9.17, 15) is 13.6 Å². The standard InChI is InChI=1S/C17H15F2N.C3H7NO/c1-20-11-13(15-10-14(18)7-8-16(15)19)9-17(20)12-5-3-2-4-6-12;1-4(2)3-5/h2-10,17H,11H2,1H3;3H,1-2H3. The first-order chi connectivity index (χ1) is 11.9. The Bertz CT molecular complexity index is 745. The van der Waals surface area contributed by atoms with Gasteiger partial charge in [-0.05, 0) is 36.4 Å². The van der Waals surface area contributed by atoms with Crippen molar-refractivity contribution < 1.29 is 13.6 Å². The Morgan fingerprint density at radius 1 is 1.12 bits per heavy atom. The van der Waals surface area contributed by atoms with Crippen LogP contribution < -0.4 is 0 Å². The number of benzene rings is 2. The summed E-state index contributed by atoms with van der Waals surface area (Å²) in [5, 5.41) is 0. The largest absolute Gasteiger partial charge is 0.351 e. The number of nitrogens with zero attached hydrogens (tertiary/aromatic N) is 2. The molecular weight excluding hydrogens is 322 g/mol. The quantitative estimate of drug-likeness (QED) is 0.792. The molecule has 0 aromatic heterocycles. The van der Waals surface area contributed by atoms with Crippen molar-refractivity contribution >= 4 is 12.0 Å². The van der Waals surface area contributed by atoms with Crippen molar-refractivity contribution in [3.63, 3.8) is 0 Å². The molecule has 2 aromatic carbocycles. The minimum Gasteiger partial charge on any atom is -0.351 e. The lowest BCUT2D eigenvalue weighted by molar-refractivity contribution is -0.115. The number of halogens is 2. The third kappa shape index (κ3) is 4.97. The van der Waals surface area contributed by atoms with E-state index in [1.165, 1.54) is 17.0 Å². The molecule has 1 unspecified atom stereocenters. The van der Waals surface area contributed by atoms with Gasteiger partial charge in [-0.15, -0.1) is 0 Å². The van der Waals surface area contributed by atoms with Crippen molar-refractivity contribution in [3.8, 4) is 0 Å². The second kappa shape index (κ2) is 8.53. The van der Waals surface area contributed by atoms with Crippen LogP contribution in [0.25, 0.3) is 5.57 Å². The highest BCUT2D eigenvalue weighted by molar-refractivity contribution is 5.70. The van der Waals surface area contributed by atoms with E-state index in [2.05, 4.69) is 4.90 Å². The summed E-state index contributed by atoms with van der Waals surface area (Å²) in [5.74, 6) is -0.784. The fourth-order valence-corrected chi connectivity index (χ4v) is 2.66. The molecule has 0 saturated carbocycles. The molecule has 2 aromatic rings. The zero-order valence-corrected chi connectivity index (χ0v) is 14.6. The number of likely N-dealkylation sites (N-methyl/N-ethyl adjacent to an activating group) is 1. The molecule has 0 fully saturated rings. The number of carbonyl (C=O) groups is 1. The number of carbonyl (C=O) groups excluding carboxylic acids is 1. The van der Waals surface area contributed by atoms with Gasteiger partial charge in [0, 0.05) is 26.2 Å². The number of rotatable bonds is 3. The van der Waals surface area contributed by atoms with Crippen molar-refractivity contribution in [2.75, 3.05) is 27.7 Å². The third-order valence-corrected chi connectivity index (χ3v) is 3.88. The van der Waals surface area contributed by atoms with Crippen LogP contribution in [0.1, 0.15) is 17.2 Å². The van der Waals surface area contributed by atoms with Crippen LogP contribution in [0, 0.1) is 11.6 Å². The summed E-state index contributed by atoms with van der Waals surface area (Å²) in [6.45, 7) is 0.611. The van der Waals surface area contributed by atoms with Crippen LogP contribution in [0.2, 0.25) is 0 Å². The highest BCUT2D eigenvalue weighted by Crippen LogP contribution is 2.34. The zero-order chi connectivity index (χ0) is 18.4. The molecule has 1 aliphatic rings. The van der Waals surface area contributed by atoms with Crippen LogP contribution in [0.15, 0.2) is 54.6 Å². The highest BCUT2D eigenvalue weighted by atomic mass is 19.1. The summed E-state index contributed by atoms with van der Waals surface area (Å²) in [6.07, 6.45) is 2.76. The Morgan fingerprint density at radius 2 is 1.76 bits per heavy atom. The predicted octanol–water partition coefficient (Wildman–Crippen LogP) is 3.74. The van der Waals surface area contributed by atoms with E-state index < -0.39 is 5.82 Å². The Balaban J connectivity index is 0.000000399. The van der Waals surface area contributed by atoms with Gasteiger partial charge >= 0.3 is 0 Å². The second-order valence-electron chi connectivity index (χ2n) is 6.16. The van der Waals surface area contributed by atoms with Crippen molar-refractivity contribution in [2.24, 2.45) is 0 Å². The predicted molar refractivity (Wildman–Crippen MR) is 95.9 cm³/mol. The average molecular weight is 344 g/mol. The lowest BCUT2D eigenvalue weighted by Gasteiger charge is -2.19. The molecule has 5 heteroatoms. The van der Waals surface area contributed by atoms with Gasteiger partial charge in [0.15, 0.2) is 0 Å². The molecule has 1 atom stereocenters. The highest BCUT2D eigenvalue weighted by Gasteiger charge is 2.25. The smallest absolute Gasteiger partial charge is 0.209 e. The molecule has 0 bridgehead atoms. The van der Waals surface area contributed by atoms with Gasteiger partial charge in [-0.25, -0.2) is 8.78 Å². The van der Waals surface area contributed by atoms with Crippen LogP contribution in [0.4, 0.5) is 8.78 Å². The molecule has 3 rings (SSSR count). The molecule has 0 N–H and O–H groups in total. The third-order valence-electron chi connectivity index (χ3n) is 3.88. The van der Waals surface area contributed by atoms with E-state index in [0.29, 0.717) is 12.1 Å². The zero-order valence-electron chi connectivity index (χ0n) is 14.6. The average Bonchev–Trinajstić information content (AvgIpc) is 3.00. The van der Waals surface area contributed by atoms with Gasteiger partial charge in [-0.1, -0.05) is 36.4 Å². The minimum atomic E-state index is -0.409. The van der Waals surface area contributed by atoms with Crippen molar-refractivity contribution in [1.29, 1.82) is 0 Å². The van der Waals surface area contributed by atoms with Gasteiger partial charge in [-0.2, -0.15) is 0 Å². The van der Waals surface area contributed by atoms with E-state index >= 15 is 0 Å². The van der Waals surface area contributed by atoms with Gasteiger partial charge < -0.3 is 4.90 Å². The minimum absolute atomic E-state index is 0.105. The first kappa shape index (κ1) is 18.8. The fraction of sp³-hybridized carbons (Fsp3) is 0.250. The topological polar surface area (TPSA) is 23.6 Å². The van der Waals surface area contributed by atoms with Gasteiger partial charge in [-0.3, -0.25) is 9.69 Å². The molecule has 25 heavy (non-hydrogen) atoms. The summed E-state index contributed by atoms with van der Waals surface area (Å²) in [6, 6.07) is 13.7. The maximum atomic E-state index is 13.9. The number of amides is 1. The normalized spacial score (nSPS) is 16.7. The Morgan fingerprint density at radius 3 is 2.36 bits per heavy atom. The van der Waals surface area contributed by atoms with E-state index in [1.807, 2.05) is 43.5 Å². The summed E-state index contributed by atoms with van der Waals surface area (Å²) in [5.41, 5.74) is 2.34. The first-order valence-corrected chi connectivity index (χ1v) is 7.95. The Kier molecular flexibility index (Phi) is 6.42. The van der Waals surface area contributed by atoms with E-state index in [-0.39, 0.29) is 11.9 Å². The summed E-state index contributed by atoms with van der Waals surface area (Å²) in [4.78, 5) is 13.0. The van der Waals surface area contributed by atoms with Gasteiger partial charge in [0.25, 0.3) is 0 Å². The molecule has 3 nitrogen and oxygen atoms in total. The second-order valence-corrected chi connectivity index (χ2v) is 6.16. The Hall–Kier alpha value is -2.53. The molecule has 1 amide bonds. The molecule has 1 heterocycles. The molecule has 1 aliphatic heterocycles. The van der Waals surface area contributed by atoms with E-state index in [0.717, 1.165) is 23.6 Å². The lowest BCUT2D eigenvalue weighted by Crippen LogP contribution is -2.19. The van der Waals surface area contributed by atoms with Gasteiger partial charge in [0.1, 0.15) is 11.6 Å². The van der Waals surface area contributed by atoms with Crippen LogP contribution in [-0.2, 0) is 4.79 Å². The SMILES string of the molecule is CN(C)C=O.CN1CC(c2cc(F)ccc2F)=CC1c1ccccc1. The summed E-state index contributed by atoms with van der Waals surface area (Å²) in [7, 11) is 5.36. The number of hydrogen-bond acceptors (Lipinski definition) is 2. The molecule has 132 valence electrons. The van der Waals surface area contributed by atoms with E-state index in [4.69, 9.17) is 0 Å². The Labute approximate surface area is 147 Å². The van der Waals surface area contributed by atoms with Crippen LogP contribution in [0.5, 0.6) is 0 Å². The molecule has 0 saturated heterocycles. The lowest BCUT2D eigenvalue weighted by atomic mass is 10.0. The summed E-state index contributed by atoms with van der Waals surface area (Å²) >= 11 is 0. The maximum Gasteiger partial charge on any atom is 0.209 e. The van der Waals surface area contributed by atoms with Crippen LogP contribution in [-0.4, -0.2) is 43.9 Å². The van der Waals surface area contributed by atoms with Crippen molar-refractivity contribution in [2.45, 2.75) is 6.04 Å². The van der Waals surface area contributed by atoms with Crippen LogP contribution >= 0.6 is 0 Å². The fourth-order valence-electron chi connectivity index (χ4n) is 2.66. The van der Waals surface area contributed by atoms with Gasteiger partial charge in [0.2, 0.25) is 6.41 Å². The molecule has 0 aliphatic carbocycles. The van der Waals surface area contributed by atoms with Crippen LogP contribution in [0.3, 0.4) is 0 Å². The van der Waals surface area contributed by atoms with Crippen molar-refractivity contribution in [1.82, 2.24) is 9.80 Å². The maximum absolute atomic E-state index is 13.9. The molecular formula is C20H22F2N2O. The number of hydrogen-bond donors (Lipinski definition) is 0. The summed E-state index contributed by atoms with van der Waals surface area (Å²) < 4.78 is 27.2. The first-order valence-electron chi connectivity index (χ1n) is 7.95. The van der Waals surface area contributed by atoms with E-state index in [1.54, 1.807) is 14.1 Å². The molecule has 0 spiro atoms. The monoisotopic (exact) mass is 344 g/mol. The molecule has 0 radical (unpaired) electrons.